The molecule has 16 heavy (non-hydrogen) atoms. The quantitative estimate of drug-likeness (QED) is 0.578. The molecule has 3 atom stereocenters. The average molecular weight is 231 g/mol. The lowest BCUT2D eigenvalue weighted by molar-refractivity contribution is -0.912. The molecule has 0 saturated heterocycles. The Morgan fingerprint density at radius 1 is 1.50 bits per heavy atom. The van der Waals surface area contributed by atoms with E-state index in [1.54, 1.807) is 7.11 Å². The molecule has 1 aliphatic carbocycles. The standard InChI is InChI=1S/C12H25NO3/c1-4-13(15,9-10-16-3)11-7-5-6-8-12(11,2)14/h11,14H,4-10H2,1-3H3. The van der Waals surface area contributed by atoms with Crippen LogP contribution >= 0.6 is 0 Å². The van der Waals surface area contributed by atoms with Crippen LogP contribution in [0.25, 0.3) is 0 Å². The first-order valence-corrected chi connectivity index (χ1v) is 6.25. The Morgan fingerprint density at radius 2 is 2.19 bits per heavy atom. The summed E-state index contributed by atoms with van der Waals surface area (Å²) in [6, 6.07) is -0.193. The van der Waals surface area contributed by atoms with E-state index < -0.39 is 5.60 Å². The summed E-state index contributed by atoms with van der Waals surface area (Å²) in [6.45, 7) is 5.11. The van der Waals surface area contributed by atoms with Gasteiger partial charge >= 0.3 is 0 Å². The van der Waals surface area contributed by atoms with Crippen molar-refractivity contribution in [2.24, 2.45) is 0 Å². The molecule has 0 aliphatic heterocycles. The monoisotopic (exact) mass is 231 g/mol. The second kappa shape index (κ2) is 5.45. The van der Waals surface area contributed by atoms with E-state index in [4.69, 9.17) is 4.74 Å². The van der Waals surface area contributed by atoms with Gasteiger partial charge in [-0.25, -0.2) is 0 Å². The highest BCUT2D eigenvalue weighted by atomic mass is 16.6. The Labute approximate surface area is 98.4 Å². The molecule has 0 aromatic heterocycles. The van der Waals surface area contributed by atoms with Crippen LogP contribution in [-0.2, 0) is 4.74 Å². The van der Waals surface area contributed by atoms with Crippen molar-refractivity contribution in [3.05, 3.63) is 5.21 Å². The van der Waals surface area contributed by atoms with Crippen molar-refractivity contribution in [1.82, 2.24) is 0 Å². The van der Waals surface area contributed by atoms with Gasteiger partial charge in [-0.2, -0.15) is 0 Å². The molecule has 0 amide bonds. The molecule has 0 spiro atoms. The number of ether oxygens (including phenoxy) is 1. The van der Waals surface area contributed by atoms with Crippen molar-refractivity contribution in [2.45, 2.75) is 51.2 Å². The molecule has 4 nitrogen and oxygen atoms in total. The summed E-state index contributed by atoms with van der Waals surface area (Å²) in [5.41, 5.74) is -0.816. The number of aliphatic hydroxyl groups is 1. The highest BCUT2D eigenvalue weighted by molar-refractivity contribution is 4.88. The van der Waals surface area contributed by atoms with Crippen molar-refractivity contribution in [3.8, 4) is 0 Å². The Balaban J connectivity index is 2.76. The predicted octanol–water partition coefficient (Wildman–Crippen LogP) is 1.66. The normalized spacial score (nSPS) is 34.7. The SMILES string of the molecule is CC[N+]([O-])(CCOC)C1CCCCC1(C)O. The van der Waals surface area contributed by atoms with Crippen molar-refractivity contribution in [2.75, 3.05) is 26.8 Å². The largest absolute Gasteiger partial charge is 0.632 e. The first kappa shape index (κ1) is 13.9. The van der Waals surface area contributed by atoms with Crippen LogP contribution in [0.2, 0.25) is 0 Å². The number of nitrogens with zero attached hydrogens (tertiary/aromatic N) is 1. The molecule has 1 rings (SSSR count). The lowest BCUT2D eigenvalue weighted by Crippen LogP contribution is -2.62. The molecule has 3 unspecified atom stereocenters. The molecular formula is C12H25NO3. The van der Waals surface area contributed by atoms with E-state index in [-0.39, 0.29) is 10.7 Å². The van der Waals surface area contributed by atoms with E-state index >= 15 is 0 Å². The summed E-state index contributed by atoms with van der Waals surface area (Å²) in [5.74, 6) is 0. The van der Waals surface area contributed by atoms with Crippen LogP contribution in [0.3, 0.4) is 0 Å². The smallest absolute Gasteiger partial charge is 0.118 e. The molecule has 4 heteroatoms. The van der Waals surface area contributed by atoms with Gasteiger partial charge in [0.15, 0.2) is 0 Å². The highest BCUT2D eigenvalue weighted by Crippen LogP contribution is 2.35. The van der Waals surface area contributed by atoms with Crippen molar-refractivity contribution in [1.29, 1.82) is 0 Å². The molecule has 0 aromatic carbocycles. The van der Waals surface area contributed by atoms with Gasteiger partial charge in [-0.1, -0.05) is 6.42 Å². The second-order valence-electron chi connectivity index (χ2n) is 5.10. The first-order valence-electron chi connectivity index (χ1n) is 6.25. The van der Waals surface area contributed by atoms with E-state index in [0.29, 0.717) is 19.7 Å². The van der Waals surface area contributed by atoms with Crippen LogP contribution in [-0.4, -0.2) is 48.2 Å². The topological polar surface area (TPSA) is 52.5 Å². The summed E-state index contributed by atoms with van der Waals surface area (Å²) in [5, 5.41) is 23.0. The Hall–Kier alpha value is -0.160. The zero-order chi connectivity index (χ0) is 12.2. The minimum Gasteiger partial charge on any atom is -0.632 e. The van der Waals surface area contributed by atoms with Gasteiger partial charge in [-0.05, 0) is 26.7 Å². The van der Waals surface area contributed by atoms with Gasteiger partial charge in [0.1, 0.15) is 18.2 Å². The van der Waals surface area contributed by atoms with Crippen LogP contribution in [0.5, 0.6) is 0 Å². The van der Waals surface area contributed by atoms with Crippen LogP contribution < -0.4 is 0 Å². The fourth-order valence-electron chi connectivity index (χ4n) is 2.82. The van der Waals surface area contributed by atoms with Crippen LogP contribution in [0.1, 0.15) is 39.5 Å². The van der Waals surface area contributed by atoms with Gasteiger partial charge < -0.3 is 19.7 Å². The van der Waals surface area contributed by atoms with Crippen molar-refractivity contribution in [3.63, 3.8) is 0 Å². The summed E-state index contributed by atoms with van der Waals surface area (Å²) in [6.07, 6.45) is 3.65. The third kappa shape index (κ3) is 2.94. The number of hydrogen-bond donors (Lipinski definition) is 1. The minimum absolute atomic E-state index is 0.193. The fourth-order valence-corrected chi connectivity index (χ4v) is 2.82. The molecular weight excluding hydrogens is 206 g/mol. The maximum Gasteiger partial charge on any atom is 0.118 e. The molecule has 1 fully saturated rings. The van der Waals surface area contributed by atoms with E-state index in [9.17, 15) is 10.3 Å². The summed E-state index contributed by atoms with van der Waals surface area (Å²) in [7, 11) is 1.61. The van der Waals surface area contributed by atoms with Crippen LogP contribution in [0, 0.1) is 5.21 Å². The molecule has 1 saturated carbocycles. The first-order chi connectivity index (χ1) is 7.46. The van der Waals surface area contributed by atoms with Gasteiger partial charge in [0.05, 0.1) is 13.2 Å². The van der Waals surface area contributed by atoms with E-state index in [1.165, 1.54) is 0 Å². The molecule has 0 heterocycles. The molecule has 1 aliphatic rings. The average Bonchev–Trinajstić information content (AvgIpc) is 2.25. The molecule has 0 aromatic rings. The second-order valence-corrected chi connectivity index (χ2v) is 5.10. The number of hydrogen-bond acceptors (Lipinski definition) is 3. The predicted molar refractivity (Wildman–Crippen MR) is 63.8 cm³/mol. The zero-order valence-corrected chi connectivity index (χ0v) is 10.7. The Bertz CT molecular complexity index is 220. The van der Waals surface area contributed by atoms with Gasteiger partial charge in [-0.3, -0.25) is 0 Å². The molecule has 96 valence electrons. The fraction of sp³-hybridized carbons (Fsp3) is 1.00. The van der Waals surface area contributed by atoms with E-state index in [1.807, 2.05) is 13.8 Å². The van der Waals surface area contributed by atoms with Gasteiger partial charge in [0.2, 0.25) is 0 Å². The number of rotatable bonds is 5. The van der Waals surface area contributed by atoms with Crippen molar-refractivity contribution >= 4 is 0 Å². The van der Waals surface area contributed by atoms with Crippen LogP contribution in [0.4, 0.5) is 0 Å². The van der Waals surface area contributed by atoms with Gasteiger partial charge in [-0.15, -0.1) is 0 Å². The Kier molecular flexibility index (Phi) is 4.73. The Morgan fingerprint density at radius 3 is 2.69 bits per heavy atom. The lowest BCUT2D eigenvalue weighted by Gasteiger charge is -2.54. The lowest BCUT2D eigenvalue weighted by atomic mass is 9.80. The maximum atomic E-state index is 12.7. The number of methoxy groups -OCH3 is 1. The molecule has 0 radical (unpaired) electrons. The summed E-state index contributed by atoms with van der Waals surface area (Å²) >= 11 is 0. The van der Waals surface area contributed by atoms with E-state index in [2.05, 4.69) is 0 Å². The number of quaternary nitrogens is 1. The highest BCUT2D eigenvalue weighted by Gasteiger charge is 2.43. The molecule has 1 N–H and O–H groups in total. The van der Waals surface area contributed by atoms with Gasteiger partial charge in [0.25, 0.3) is 0 Å². The summed E-state index contributed by atoms with van der Waals surface area (Å²) < 4.78 is 4.68. The van der Waals surface area contributed by atoms with Crippen molar-refractivity contribution < 1.29 is 14.5 Å². The van der Waals surface area contributed by atoms with Crippen LogP contribution in [0.15, 0.2) is 0 Å². The minimum atomic E-state index is -0.816. The third-order valence-electron chi connectivity index (χ3n) is 3.91. The third-order valence-corrected chi connectivity index (χ3v) is 3.91. The number of likely N-dealkylation sites (N-methyl/N-ethyl adjacent to an activating group) is 1. The maximum absolute atomic E-state index is 12.7. The number of hydroxylamine groups is 3. The summed E-state index contributed by atoms with van der Waals surface area (Å²) in [4.78, 5) is 0. The van der Waals surface area contributed by atoms with Gasteiger partial charge in [0, 0.05) is 13.5 Å². The zero-order valence-electron chi connectivity index (χ0n) is 10.7. The van der Waals surface area contributed by atoms with E-state index in [0.717, 1.165) is 25.7 Å². The molecule has 0 bridgehead atoms.